The largest absolute Gasteiger partial charge is 0.457 e. The predicted molar refractivity (Wildman–Crippen MR) is 140 cm³/mol. The van der Waals surface area contributed by atoms with E-state index < -0.39 is 0 Å². The van der Waals surface area contributed by atoms with E-state index in [9.17, 15) is 9.59 Å². The van der Waals surface area contributed by atoms with E-state index in [1.807, 2.05) is 31.2 Å². The fraction of sp³-hybridized carbons (Fsp3) is 0.231. The van der Waals surface area contributed by atoms with Crippen molar-refractivity contribution in [3.8, 4) is 11.5 Å². The van der Waals surface area contributed by atoms with Gasteiger partial charge in [0.05, 0.1) is 22.4 Å². The van der Waals surface area contributed by atoms with Gasteiger partial charge in [0.15, 0.2) is 0 Å². The van der Waals surface area contributed by atoms with Crippen LogP contribution >= 0.6 is 11.3 Å². The van der Waals surface area contributed by atoms with Crippen molar-refractivity contribution in [3.63, 3.8) is 0 Å². The van der Waals surface area contributed by atoms with Crippen LogP contribution < -0.4 is 25.6 Å². The van der Waals surface area contributed by atoms with Crippen molar-refractivity contribution in [1.29, 1.82) is 0 Å². The average molecular weight is 501 g/mol. The number of piperidine rings is 1. The monoisotopic (exact) mass is 500 g/mol. The van der Waals surface area contributed by atoms with Crippen molar-refractivity contribution in [2.45, 2.75) is 25.8 Å². The Balaban J connectivity index is 1.34. The van der Waals surface area contributed by atoms with Gasteiger partial charge >= 0.3 is 6.03 Å². The molecule has 1 saturated heterocycles. The molecule has 36 heavy (non-hydrogen) atoms. The summed E-state index contributed by atoms with van der Waals surface area (Å²) in [5.74, 6) is 1.16. The number of aryl methyl sites for hydroxylation is 1. The van der Waals surface area contributed by atoms with Crippen molar-refractivity contribution in [2.75, 3.05) is 23.3 Å². The van der Waals surface area contributed by atoms with Gasteiger partial charge in [-0.25, -0.2) is 9.78 Å². The molecule has 2 aliphatic rings. The highest BCUT2D eigenvalue weighted by atomic mass is 32.1. The maximum atomic E-state index is 13.4. The average Bonchev–Trinajstić information content (AvgIpc) is 3.26. The van der Waals surface area contributed by atoms with Crippen molar-refractivity contribution in [2.24, 2.45) is 0 Å². The fourth-order valence-electron chi connectivity index (χ4n) is 4.69. The van der Waals surface area contributed by atoms with Crippen LogP contribution in [0.15, 0.2) is 55.0 Å². The Hall–Kier alpha value is -4.02. The Morgan fingerprint density at radius 1 is 1.14 bits per heavy atom. The van der Waals surface area contributed by atoms with Gasteiger partial charge in [0.2, 0.25) is 0 Å². The molecular formula is C26H24N6O3S. The standard InChI is InChI=1S/C26H24N6O3S/c1-15-13-18(35-17-6-10-27-11-7-17)4-5-19(15)32-20-8-12-29-25-21(20)22(31-26(32)34)23(36-25)24(33)30-16-3-2-9-28-14-16/h4-8,10-13,16,28H,2-3,9,14H2,1H3,(H,30,33)(H,31,34). The molecule has 3 N–H and O–H groups in total. The summed E-state index contributed by atoms with van der Waals surface area (Å²) >= 11 is 1.30. The zero-order valence-electron chi connectivity index (χ0n) is 19.6. The molecule has 1 aromatic carbocycles. The fourth-order valence-corrected chi connectivity index (χ4v) is 5.72. The molecule has 182 valence electrons. The van der Waals surface area contributed by atoms with E-state index in [0.717, 1.165) is 42.6 Å². The highest BCUT2D eigenvalue weighted by Gasteiger charge is 2.33. The number of carbonyl (C=O) groups excluding carboxylic acids is 2. The summed E-state index contributed by atoms with van der Waals surface area (Å²) in [7, 11) is 0. The van der Waals surface area contributed by atoms with Crippen LogP contribution in [-0.2, 0) is 0 Å². The summed E-state index contributed by atoms with van der Waals surface area (Å²) in [6.07, 6.45) is 6.97. The lowest BCUT2D eigenvalue weighted by atomic mass is 10.1. The normalized spacial score (nSPS) is 17.1. The number of anilines is 3. The maximum Gasteiger partial charge on any atom is 0.331 e. The van der Waals surface area contributed by atoms with Gasteiger partial charge in [0.1, 0.15) is 21.2 Å². The predicted octanol–water partition coefficient (Wildman–Crippen LogP) is 4.96. The molecule has 3 amide bonds. The van der Waals surface area contributed by atoms with Gasteiger partial charge in [-0.3, -0.25) is 14.7 Å². The van der Waals surface area contributed by atoms with Crippen molar-refractivity contribution >= 4 is 50.6 Å². The summed E-state index contributed by atoms with van der Waals surface area (Å²) in [5, 5.41) is 10.1. The molecule has 1 atom stereocenters. The third-order valence-electron chi connectivity index (χ3n) is 6.38. The Kier molecular flexibility index (Phi) is 5.74. The van der Waals surface area contributed by atoms with Gasteiger partial charge in [0, 0.05) is 31.2 Å². The van der Waals surface area contributed by atoms with E-state index in [-0.39, 0.29) is 18.0 Å². The number of carbonyl (C=O) groups is 2. The number of hydrogen-bond donors (Lipinski definition) is 3. The van der Waals surface area contributed by atoms with Crippen molar-refractivity contribution < 1.29 is 14.3 Å². The molecule has 0 radical (unpaired) electrons. The molecule has 1 fully saturated rings. The minimum Gasteiger partial charge on any atom is -0.457 e. The molecule has 10 heteroatoms. The number of aromatic nitrogens is 2. The Labute approximate surface area is 211 Å². The van der Waals surface area contributed by atoms with Crippen LogP contribution in [-0.4, -0.2) is 41.0 Å². The third-order valence-corrected chi connectivity index (χ3v) is 7.48. The number of nitrogens with one attached hydrogen (secondary N) is 3. The lowest BCUT2D eigenvalue weighted by Gasteiger charge is -2.30. The molecule has 6 rings (SSSR count). The number of hydrogen-bond acceptors (Lipinski definition) is 7. The summed E-state index contributed by atoms with van der Waals surface area (Å²) < 4.78 is 5.92. The van der Waals surface area contributed by atoms with Gasteiger partial charge in [-0.05, 0) is 68.3 Å². The summed E-state index contributed by atoms with van der Waals surface area (Å²) in [5.41, 5.74) is 2.80. The van der Waals surface area contributed by atoms with Crippen LogP contribution in [0.4, 0.5) is 21.9 Å². The van der Waals surface area contributed by atoms with Gasteiger partial charge < -0.3 is 20.7 Å². The van der Waals surface area contributed by atoms with Gasteiger partial charge in [0.25, 0.3) is 5.91 Å². The molecule has 0 spiro atoms. The Bertz CT molecular complexity index is 1470. The van der Waals surface area contributed by atoms with Gasteiger partial charge in [-0.15, -0.1) is 11.3 Å². The lowest BCUT2D eigenvalue weighted by molar-refractivity contribution is 0.0935. The highest BCUT2D eigenvalue weighted by molar-refractivity contribution is 7.21. The second-order valence-corrected chi connectivity index (χ2v) is 9.83. The van der Waals surface area contributed by atoms with E-state index in [2.05, 4.69) is 25.9 Å². The highest BCUT2D eigenvalue weighted by Crippen LogP contribution is 2.46. The van der Waals surface area contributed by atoms with E-state index in [0.29, 0.717) is 32.6 Å². The molecule has 0 aliphatic carbocycles. The number of urea groups is 1. The number of nitrogens with zero attached hydrogens (tertiary/aromatic N) is 3. The summed E-state index contributed by atoms with van der Waals surface area (Å²) in [4.78, 5) is 37.9. The summed E-state index contributed by atoms with van der Waals surface area (Å²) in [6, 6.07) is 10.7. The van der Waals surface area contributed by atoms with E-state index in [1.165, 1.54) is 11.3 Å². The molecule has 0 saturated carbocycles. The Morgan fingerprint density at radius 3 is 2.78 bits per heavy atom. The first-order valence-electron chi connectivity index (χ1n) is 11.8. The zero-order valence-corrected chi connectivity index (χ0v) is 20.4. The number of ether oxygens (including phenoxy) is 1. The minimum absolute atomic E-state index is 0.0717. The first-order chi connectivity index (χ1) is 17.6. The molecular weight excluding hydrogens is 476 g/mol. The molecule has 2 aliphatic heterocycles. The minimum atomic E-state index is -0.326. The lowest BCUT2D eigenvalue weighted by Crippen LogP contribution is -2.45. The zero-order chi connectivity index (χ0) is 24.6. The number of thiophene rings is 1. The first-order valence-corrected chi connectivity index (χ1v) is 12.6. The molecule has 0 bridgehead atoms. The third kappa shape index (κ3) is 4.04. The Morgan fingerprint density at radius 2 is 2.00 bits per heavy atom. The quantitative estimate of drug-likeness (QED) is 0.358. The number of amides is 3. The smallest absolute Gasteiger partial charge is 0.331 e. The molecule has 9 nitrogen and oxygen atoms in total. The van der Waals surface area contributed by atoms with E-state index in [1.54, 1.807) is 35.6 Å². The first kappa shape index (κ1) is 22.4. The van der Waals surface area contributed by atoms with Gasteiger partial charge in [-0.1, -0.05) is 0 Å². The van der Waals surface area contributed by atoms with Crippen LogP contribution in [0.25, 0.3) is 10.2 Å². The van der Waals surface area contributed by atoms with Crippen LogP contribution in [0.1, 0.15) is 28.1 Å². The van der Waals surface area contributed by atoms with E-state index >= 15 is 0 Å². The topological polar surface area (TPSA) is 108 Å². The maximum absolute atomic E-state index is 13.4. The van der Waals surface area contributed by atoms with Crippen molar-refractivity contribution in [1.82, 2.24) is 20.6 Å². The van der Waals surface area contributed by atoms with Crippen LogP contribution in [0, 0.1) is 6.92 Å². The molecule has 3 aromatic heterocycles. The van der Waals surface area contributed by atoms with Crippen LogP contribution in [0.2, 0.25) is 0 Å². The van der Waals surface area contributed by atoms with E-state index in [4.69, 9.17) is 4.74 Å². The van der Waals surface area contributed by atoms with Crippen LogP contribution in [0.5, 0.6) is 11.5 Å². The number of rotatable bonds is 5. The van der Waals surface area contributed by atoms with Crippen molar-refractivity contribution in [3.05, 3.63) is 65.4 Å². The second kappa shape index (κ2) is 9.21. The van der Waals surface area contributed by atoms with Gasteiger partial charge in [-0.2, -0.15) is 0 Å². The SMILES string of the molecule is Cc1cc(Oc2ccncc2)ccc1N1C(=O)Nc2c(C(=O)NC3CCCNC3)sc3nccc1c23. The summed E-state index contributed by atoms with van der Waals surface area (Å²) in [6.45, 7) is 3.65. The molecule has 5 heterocycles. The van der Waals surface area contributed by atoms with Crippen LogP contribution in [0.3, 0.4) is 0 Å². The molecule has 1 unspecified atom stereocenters. The second-order valence-electron chi connectivity index (χ2n) is 8.83. The molecule has 4 aromatic rings. The number of benzene rings is 1. The number of pyridine rings is 2.